The second-order valence-electron chi connectivity index (χ2n) is 28.2. The van der Waals surface area contributed by atoms with Gasteiger partial charge in [-0.2, -0.15) is 27.9 Å². The SMILES string of the molecule is CC[N+](O)(CCNc1ccc(NCC[N+](O)(CC)CC(F)F)c2c1C(=O)c1c(O)ccc(O)c1C2=O)CC(F)F.C[N+](C)(O)CCNc1ccc(NCC[N+](C)(C)O)c2c1C(=O)c1c(O)ccc(O)c1C2=O.O=C1c2c(O)ccc(O)c2C(=O)c2c(NCC[N+](O)(CCF)CCF)ccc(NCC[N+](O)(CCF)CCF)c21. The van der Waals surface area contributed by atoms with Gasteiger partial charge in [-0.1, -0.05) is 0 Å². The molecule has 0 amide bonds. The number of nitrogens with zero attached hydrogens (tertiary/aromatic N) is 6. The third-order valence-electron chi connectivity index (χ3n) is 19.3. The summed E-state index contributed by atoms with van der Waals surface area (Å²) in [6.07, 6.45) is -5.50. The number of benzene rings is 6. The first-order chi connectivity index (χ1) is 52.6. The molecule has 18 N–H and O–H groups in total. The first-order valence-corrected chi connectivity index (χ1v) is 35.7. The lowest BCUT2D eigenvalue weighted by Crippen LogP contribution is -2.50. The predicted molar refractivity (Wildman–Crippen MR) is 392 cm³/mol. The lowest BCUT2D eigenvalue weighted by atomic mass is 9.81. The van der Waals surface area contributed by atoms with Crippen LogP contribution in [0, 0.1) is 0 Å². The van der Waals surface area contributed by atoms with E-state index < -0.39 is 163 Å². The summed E-state index contributed by atoms with van der Waals surface area (Å²) < 4.78 is 99.0. The number of halogens is 8. The van der Waals surface area contributed by atoms with Gasteiger partial charge in [-0.05, 0) is 86.6 Å². The van der Waals surface area contributed by atoms with Gasteiger partial charge in [0.2, 0.25) is 34.7 Å². The molecule has 0 spiro atoms. The van der Waals surface area contributed by atoms with Crippen LogP contribution in [0.4, 0.5) is 69.2 Å². The van der Waals surface area contributed by atoms with Crippen molar-refractivity contribution in [3.63, 3.8) is 0 Å². The highest BCUT2D eigenvalue weighted by Gasteiger charge is 2.43. The fourth-order valence-corrected chi connectivity index (χ4v) is 13.1. The maximum atomic E-state index is 13.6. The maximum absolute atomic E-state index is 13.6. The molecule has 112 heavy (non-hydrogen) atoms. The van der Waals surface area contributed by atoms with E-state index in [2.05, 4.69) is 31.9 Å². The summed E-state index contributed by atoms with van der Waals surface area (Å²) in [5, 5.41) is 141. The molecule has 612 valence electrons. The lowest BCUT2D eigenvalue weighted by molar-refractivity contribution is -1.10. The van der Waals surface area contributed by atoms with Gasteiger partial charge in [0.15, 0.2) is 13.1 Å². The number of quaternary nitrogens is 6. The van der Waals surface area contributed by atoms with Crippen molar-refractivity contribution in [3.8, 4) is 34.5 Å². The number of nitrogens with one attached hydrogen (secondary N) is 6. The minimum atomic E-state index is -2.75. The summed E-state index contributed by atoms with van der Waals surface area (Å²) in [4.78, 5) is 81.2. The van der Waals surface area contributed by atoms with Crippen LogP contribution in [0.5, 0.6) is 34.5 Å². The van der Waals surface area contributed by atoms with E-state index in [-0.39, 0.29) is 168 Å². The smallest absolute Gasteiger partial charge is 0.289 e. The molecule has 6 aromatic rings. The zero-order chi connectivity index (χ0) is 83.2. The van der Waals surface area contributed by atoms with Crippen molar-refractivity contribution < 1.29 is 154 Å². The molecular weight excluding hydrogens is 1500 g/mol. The Labute approximate surface area is 638 Å². The van der Waals surface area contributed by atoms with Crippen molar-refractivity contribution in [2.75, 3.05) is 218 Å². The Morgan fingerprint density at radius 1 is 0.277 bits per heavy atom. The van der Waals surface area contributed by atoms with Gasteiger partial charge in [-0.25, -0.2) is 66.4 Å². The van der Waals surface area contributed by atoms with Gasteiger partial charge in [-0.15, -0.1) is 0 Å². The van der Waals surface area contributed by atoms with E-state index in [1.807, 2.05) is 0 Å². The zero-order valence-corrected chi connectivity index (χ0v) is 62.6. The molecule has 3 aliphatic rings. The van der Waals surface area contributed by atoms with E-state index in [1.165, 1.54) is 36.4 Å². The molecule has 6 aromatic carbocycles. The van der Waals surface area contributed by atoms with Gasteiger partial charge in [0, 0.05) is 34.1 Å². The molecule has 0 saturated carbocycles. The molecule has 2 unspecified atom stereocenters. The molecule has 0 aliphatic heterocycles. The summed E-state index contributed by atoms with van der Waals surface area (Å²) in [6, 6.07) is 15.7. The highest BCUT2D eigenvalue weighted by molar-refractivity contribution is 6.35. The Morgan fingerprint density at radius 3 is 0.598 bits per heavy atom. The number of phenolic OH excluding ortho intramolecular Hbond substituents is 6. The van der Waals surface area contributed by atoms with E-state index >= 15 is 0 Å². The lowest BCUT2D eigenvalue weighted by Gasteiger charge is -2.30. The number of carbonyl (C=O) groups is 6. The average molecular weight is 1600 g/mol. The van der Waals surface area contributed by atoms with Gasteiger partial charge < -0.3 is 62.5 Å². The van der Waals surface area contributed by atoms with Crippen LogP contribution in [0.2, 0.25) is 0 Å². The molecule has 3 aliphatic carbocycles. The van der Waals surface area contributed by atoms with Crippen molar-refractivity contribution in [2.45, 2.75) is 26.7 Å². The Kier molecular flexibility index (Phi) is 29.8. The topological polar surface area (TPSA) is 417 Å². The quantitative estimate of drug-likeness (QED) is 0.00748. The molecule has 30 nitrogen and oxygen atoms in total. The molecular formula is C74H98F8N12O18+6. The number of hydrogen-bond acceptors (Lipinski definition) is 24. The second kappa shape index (κ2) is 37.5. The monoisotopic (exact) mass is 1590 g/mol. The van der Waals surface area contributed by atoms with Gasteiger partial charge in [0.25, 0.3) is 12.9 Å². The fourth-order valence-electron chi connectivity index (χ4n) is 13.1. The van der Waals surface area contributed by atoms with Crippen molar-refractivity contribution >= 4 is 68.8 Å². The fraction of sp³-hybridized carbons (Fsp3) is 0.432. The summed E-state index contributed by atoms with van der Waals surface area (Å²) in [5.74, 6) is -7.26. The molecule has 0 radical (unpaired) electrons. The predicted octanol–water partition coefficient (Wildman–Crippen LogP) is 8.29. The van der Waals surface area contributed by atoms with E-state index in [1.54, 1.807) is 54.2 Å². The highest BCUT2D eigenvalue weighted by Crippen LogP contribution is 2.46. The van der Waals surface area contributed by atoms with Crippen molar-refractivity contribution in [1.29, 1.82) is 0 Å². The number of alkyl halides is 8. The average Bonchev–Trinajstić information content (AvgIpc) is 0.743. The Hall–Kier alpha value is -10.1. The van der Waals surface area contributed by atoms with Crippen LogP contribution in [0.1, 0.15) is 109 Å². The third-order valence-corrected chi connectivity index (χ3v) is 19.3. The van der Waals surface area contributed by atoms with Crippen molar-refractivity contribution in [2.24, 2.45) is 0 Å². The molecule has 0 aromatic heterocycles. The Balaban J connectivity index is 0.000000235. The molecule has 0 bridgehead atoms. The van der Waals surface area contributed by atoms with Gasteiger partial charge >= 0.3 is 0 Å². The molecule has 0 fully saturated rings. The van der Waals surface area contributed by atoms with Crippen molar-refractivity contribution in [3.05, 3.63) is 140 Å². The number of phenols is 6. The minimum Gasteiger partial charge on any atom is -0.507 e. The standard InChI is InChI=1S/2C26H32F4N4O6.C22H28N4O6/c1-3-33(39,13-19(27)28)11-9-31-15-5-6-16(32-10-12-34(40,4-2)14-20(29)30)22-21(15)25(37)23-17(35)7-8-18(36)24(23)26(22)38;27-5-11-33(39,12-6-28)15-9-31-17-1-2-18(32-10-16-34(40,13-7-29)14-8-30)22-21(17)25(37)23-19(35)3-4-20(36)24(23)26(22)38;1-25(2,31)11-9-23-13-5-6-14(24-10-12-26(3,4)32)18-17(13)21(29)19-15(27)7-8-16(28)20(19)22(18)30/h5-8,19-20,39-40H,3-4,9-14H2,1-2H3,(H2-2,31,32,35,36,37,38);1-4,39-40H,5-16H2,(H2-2,31,32,35,36,37,38);5-8,31-32H,9-12H2,1-4H3,(H2-2,23,24,27,28,29,30)/p+6. The number of carbonyl (C=O) groups excluding carboxylic acids is 6. The largest absolute Gasteiger partial charge is 0.507 e. The normalized spacial score (nSPS) is 14.3. The Bertz CT molecular complexity index is 4010. The zero-order valence-electron chi connectivity index (χ0n) is 62.6. The number of likely N-dealkylation sites (N-methyl/N-ethyl adjacent to an activating group) is 4. The molecule has 0 heterocycles. The summed E-state index contributed by atoms with van der Waals surface area (Å²) in [6.45, 7) is -2.94. The van der Waals surface area contributed by atoms with E-state index in [9.17, 15) is 126 Å². The van der Waals surface area contributed by atoms with Gasteiger partial charge in [0.1, 0.15) is 140 Å². The van der Waals surface area contributed by atoms with Crippen LogP contribution >= 0.6 is 0 Å². The van der Waals surface area contributed by atoms with Crippen molar-refractivity contribution in [1.82, 2.24) is 0 Å². The number of hydroxylamine groups is 18. The van der Waals surface area contributed by atoms with E-state index in [0.29, 0.717) is 37.6 Å². The summed E-state index contributed by atoms with van der Waals surface area (Å²) >= 11 is 0. The number of aromatic hydroxyl groups is 6. The maximum Gasteiger partial charge on any atom is 0.289 e. The molecule has 2 atom stereocenters. The van der Waals surface area contributed by atoms with Crippen LogP contribution in [0.3, 0.4) is 0 Å². The first kappa shape index (κ1) is 89.1. The second-order valence-corrected chi connectivity index (χ2v) is 28.2. The summed E-state index contributed by atoms with van der Waals surface area (Å²) in [7, 11) is 6.43. The van der Waals surface area contributed by atoms with Crippen LogP contribution in [0.25, 0.3) is 0 Å². The molecule has 38 heteroatoms. The van der Waals surface area contributed by atoms with Gasteiger partial charge in [-0.3, -0.25) is 28.8 Å². The van der Waals surface area contributed by atoms with E-state index in [0.717, 1.165) is 24.3 Å². The minimum absolute atomic E-state index is 0.000891. The first-order valence-electron chi connectivity index (χ1n) is 35.7. The van der Waals surface area contributed by atoms with Crippen LogP contribution in [0.15, 0.2) is 72.8 Å². The Morgan fingerprint density at radius 2 is 0.446 bits per heavy atom. The molecule has 9 rings (SSSR count). The number of anilines is 6. The molecule has 0 saturated heterocycles. The summed E-state index contributed by atoms with van der Waals surface area (Å²) in [5.41, 5.74) is -1.38. The van der Waals surface area contributed by atoms with E-state index in [4.69, 9.17) is 0 Å². The number of fused-ring (bicyclic) bond motifs is 6. The number of ketones is 6. The highest BCUT2D eigenvalue weighted by atomic mass is 19.3. The number of rotatable bonds is 38. The third kappa shape index (κ3) is 21.4. The van der Waals surface area contributed by atoms with Crippen LogP contribution in [-0.2, 0) is 0 Å². The van der Waals surface area contributed by atoms with Crippen LogP contribution in [-0.4, -0.2) is 323 Å². The number of hydrogen-bond donors (Lipinski definition) is 18. The van der Waals surface area contributed by atoms with Crippen LogP contribution < -0.4 is 31.9 Å². The van der Waals surface area contributed by atoms with Gasteiger partial charge in [0.05, 0.1) is 134 Å².